The van der Waals surface area contributed by atoms with Gasteiger partial charge in [0.15, 0.2) is 11.5 Å². The monoisotopic (exact) mass is 423 g/mol. The van der Waals surface area contributed by atoms with Crippen LogP contribution in [-0.2, 0) is 0 Å². The van der Waals surface area contributed by atoms with Crippen LogP contribution in [0.15, 0.2) is 71.5 Å². The number of ether oxygens (including phenoxy) is 2. The summed E-state index contributed by atoms with van der Waals surface area (Å²) in [5.74, 6) is 0.484. The highest BCUT2D eigenvalue weighted by molar-refractivity contribution is 9.10. The smallest absolute Gasteiger partial charge is 0.343 e. The maximum Gasteiger partial charge on any atom is 0.343 e. The van der Waals surface area contributed by atoms with Crippen LogP contribution in [0, 0.1) is 0 Å². The van der Waals surface area contributed by atoms with Crippen LogP contribution in [0.3, 0.4) is 0 Å². The molecular weight excluding hydrogens is 406 g/mol. The quantitative estimate of drug-likeness (QED) is 0.380. The van der Waals surface area contributed by atoms with Gasteiger partial charge in [-0.05, 0) is 60.5 Å². The van der Waals surface area contributed by atoms with E-state index in [1.807, 2.05) is 49.4 Å². The van der Waals surface area contributed by atoms with Gasteiger partial charge in [0.25, 0.3) is 0 Å². The van der Waals surface area contributed by atoms with Gasteiger partial charge in [-0.1, -0.05) is 40.2 Å². The second-order valence-corrected chi connectivity index (χ2v) is 6.57. The van der Waals surface area contributed by atoms with E-state index >= 15 is 0 Å². The molecule has 0 radical (unpaired) electrons. The molecule has 0 bridgehead atoms. The maximum atomic E-state index is 12.4. The van der Waals surface area contributed by atoms with E-state index < -0.39 is 5.97 Å². The van der Waals surface area contributed by atoms with E-state index in [-0.39, 0.29) is 0 Å². The molecule has 0 fully saturated rings. The topological polar surface area (TPSA) is 48.4 Å². The lowest BCUT2D eigenvalue weighted by Crippen LogP contribution is -2.09. The number of hydrogen-bond acceptors (Lipinski definition) is 4. The van der Waals surface area contributed by atoms with E-state index in [1.54, 1.807) is 36.7 Å². The lowest BCUT2D eigenvalue weighted by molar-refractivity contribution is 0.0728. The van der Waals surface area contributed by atoms with E-state index in [9.17, 15) is 4.79 Å². The molecule has 0 spiro atoms. The lowest BCUT2D eigenvalue weighted by Gasteiger charge is -2.11. The second-order valence-electron chi connectivity index (χ2n) is 5.65. The summed E-state index contributed by atoms with van der Waals surface area (Å²) < 4.78 is 12.0. The minimum Gasteiger partial charge on any atom is -0.490 e. The van der Waals surface area contributed by atoms with Crippen LogP contribution in [0.25, 0.3) is 12.2 Å². The Labute approximate surface area is 166 Å². The molecule has 5 heteroatoms. The molecule has 3 aromatic rings. The van der Waals surface area contributed by atoms with Crippen molar-refractivity contribution in [1.29, 1.82) is 0 Å². The minimum absolute atomic E-state index is 0.392. The van der Waals surface area contributed by atoms with Crippen molar-refractivity contribution in [3.8, 4) is 11.5 Å². The molecule has 0 aliphatic heterocycles. The summed E-state index contributed by atoms with van der Waals surface area (Å²) in [6.07, 6.45) is 7.45. The van der Waals surface area contributed by atoms with Crippen molar-refractivity contribution in [2.45, 2.75) is 6.92 Å². The van der Waals surface area contributed by atoms with E-state index in [1.165, 1.54) is 0 Å². The third-order valence-electron chi connectivity index (χ3n) is 3.70. The fourth-order valence-electron chi connectivity index (χ4n) is 2.42. The predicted molar refractivity (Wildman–Crippen MR) is 110 cm³/mol. The summed E-state index contributed by atoms with van der Waals surface area (Å²) in [5.41, 5.74) is 2.46. The summed E-state index contributed by atoms with van der Waals surface area (Å²) in [6.45, 7) is 2.36. The van der Waals surface area contributed by atoms with Crippen molar-refractivity contribution in [3.63, 3.8) is 0 Å². The molecule has 3 rings (SSSR count). The summed E-state index contributed by atoms with van der Waals surface area (Å²) >= 11 is 3.36. The van der Waals surface area contributed by atoms with Gasteiger partial charge in [0.1, 0.15) is 0 Å². The molecule has 2 aromatic carbocycles. The summed E-state index contributed by atoms with van der Waals surface area (Å²) in [7, 11) is 0. The highest BCUT2D eigenvalue weighted by Gasteiger charge is 2.13. The average Bonchev–Trinajstić information content (AvgIpc) is 2.69. The molecular formula is C22H18BrNO3. The number of carbonyl (C=O) groups excluding carboxylic acids is 1. The molecule has 0 saturated carbocycles. The van der Waals surface area contributed by atoms with Crippen molar-refractivity contribution in [3.05, 3.63) is 88.2 Å². The van der Waals surface area contributed by atoms with E-state index in [2.05, 4.69) is 20.9 Å². The Hall–Kier alpha value is -2.92. The van der Waals surface area contributed by atoms with Crippen molar-refractivity contribution < 1.29 is 14.3 Å². The van der Waals surface area contributed by atoms with Crippen molar-refractivity contribution >= 4 is 34.1 Å². The van der Waals surface area contributed by atoms with Crippen molar-refractivity contribution in [1.82, 2.24) is 4.98 Å². The number of esters is 1. The Morgan fingerprint density at radius 2 is 1.78 bits per heavy atom. The number of rotatable bonds is 6. The molecule has 4 nitrogen and oxygen atoms in total. The maximum absolute atomic E-state index is 12.4. The molecule has 27 heavy (non-hydrogen) atoms. The van der Waals surface area contributed by atoms with Gasteiger partial charge in [-0.3, -0.25) is 4.98 Å². The van der Waals surface area contributed by atoms with Gasteiger partial charge in [-0.2, -0.15) is 0 Å². The number of benzene rings is 2. The van der Waals surface area contributed by atoms with Crippen molar-refractivity contribution in [2.24, 2.45) is 0 Å². The standard InChI is InChI=1S/C22H18BrNO3/c1-2-26-21-14-17(7-6-16-10-12-24-13-11-16)8-9-20(21)27-22(25)18-4-3-5-19(23)15-18/h3-15H,2H2,1H3/b7-6+. The molecule has 0 aliphatic rings. The van der Waals surface area contributed by atoms with Gasteiger partial charge in [0.05, 0.1) is 12.2 Å². The first-order chi connectivity index (χ1) is 13.2. The molecule has 0 atom stereocenters. The van der Waals surface area contributed by atoms with Crippen LogP contribution in [0.5, 0.6) is 11.5 Å². The molecule has 1 aromatic heterocycles. The van der Waals surface area contributed by atoms with E-state index in [4.69, 9.17) is 9.47 Å². The first-order valence-corrected chi connectivity index (χ1v) is 9.27. The number of hydrogen-bond donors (Lipinski definition) is 0. The highest BCUT2D eigenvalue weighted by Crippen LogP contribution is 2.30. The molecule has 1 heterocycles. The van der Waals surface area contributed by atoms with Gasteiger partial charge in [-0.15, -0.1) is 0 Å². The van der Waals surface area contributed by atoms with Gasteiger partial charge in [0.2, 0.25) is 0 Å². The van der Waals surface area contributed by atoms with Gasteiger partial charge < -0.3 is 9.47 Å². The second kappa shape index (κ2) is 9.14. The average molecular weight is 424 g/mol. The minimum atomic E-state index is -0.433. The van der Waals surface area contributed by atoms with Gasteiger partial charge in [0, 0.05) is 16.9 Å². The number of carbonyl (C=O) groups is 1. The van der Waals surface area contributed by atoms with E-state index in [0.717, 1.165) is 15.6 Å². The summed E-state index contributed by atoms with van der Waals surface area (Å²) in [5, 5.41) is 0. The number of nitrogens with zero attached hydrogens (tertiary/aromatic N) is 1. The molecule has 0 N–H and O–H groups in total. The number of aromatic nitrogens is 1. The fourth-order valence-corrected chi connectivity index (χ4v) is 2.82. The molecule has 0 amide bonds. The zero-order chi connectivity index (χ0) is 19.1. The Kier molecular flexibility index (Phi) is 6.39. The Balaban J connectivity index is 1.81. The Morgan fingerprint density at radius 1 is 1.00 bits per heavy atom. The van der Waals surface area contributed by atoms with Crippen LogP contribution in [0.1, 0.15) is 28.4 Å². The number of pyridine rings is 1. The van der Waals surface area contributed by atoms with Crippen LogP contribution in [0.4, 0.5) is 0 Å². The van der Waals surface area contributed by atoms with Crippen LogP contribution >= 0.6 is 15.9 Å². The third kappa shape index (κ3) is 5.28. The van der Waals surface area contributed by atoms with E-state index in [0.29, 0.717) is 23.7 Å². The first-order valence-electron chi connectivity index (χ1n) is 8.48. The normalized spacial score (nSPS) is 10.7. The lowest BCUT2D eigenvalue weighted by atomic mass is 10.1. The Bertz CT molecular complexity index is 955. The molecule has 0 unspecified atom stereocenters. The SMILES string of the molecule is CCOc1cc(/C=C/c2ccncc2)ccc1OC(=O)c1cccc(Br)c1. The largest absolute Gasteiger partial charge is 0.490 e. The van der Waals surface area contributed by atoms with Gasteiger partial charge >= 0.3 is 5.97 Å². The first kappa shape index (κ1) is 18.9. The molecule has 0 aliphatic carbocycles. The zero-order valence-corrected chi connectivity index (χ0v) is 16.3. The summed E-state index contributed by atoms with van der Waals surface area (Å²) in [4.78, 5) is 16.4. The van der Waals surface area contributed by atoms with Crippen molar-refractivity contribution in [2.75, 3.05) is 6.61 Å². The van der Waals surface area contributed by atoms with Crippen LogP contribution in [-0.4, -0.2) is 17.6 Å². The molecule has 136 valence electrons. The highest BCUT2D eigenvalue weighted by atomic mass is 79.9. The van der Waals surface area contributed by atoms with Crippen LogP contribution in [0.2, 0.25) is 0 Å². The van der Waals surface area contributed by atoms with Gasteiger partial charge in [-0.25, -0.2) is 4.79 Å². The zero-order valence-electron chi connectivity index (χ0n) is 14.8. The summed E-state index contributed by atoms with van der Waals surface area (Å²) in [6, 6.07) is 16.4. The van der Waals surface area contributed by atoms with Crippen LogP contribution < -0.4 is 9.47 Å². The predicted octanol–water partition coefficient (Wildman–Crippen LogP) is 5.63. The fraction of sp³-hybridized carbons (Fsp3) is 0.0909. The third-order valence-corrected chi connectivity index (χ3v) is 4.20. The Morgan fingerprint density at radius 3 is 2.52 bits per heavy atom. The number of halogens is 1. The molecule has 0 saturated heterocycles.